The van der Waals surface area contributed by atoms with Gasteiger partial charge in [-0.2, -0.15) is 0 Å². The van der Waals surface area contributed by atoms with E-state index in [1.807, 2.05) is 19.1 Å². The molecule has 0 fully saturated rings. The van der Waals surface area contributed by atoms with Gasteiger partial charge < -0.3 is 13.9 Å². The third-order valence-corrected chi connectivity index (χ3v) is 4.31. The van der Waals surface area contributed by atoms with Crippen LogP contribution in [0.5, 0.6) is 11.5 Å². The maximum Gasteiger partial charge on any atom is 0.162 e. The van der Waals surface area contributed by atoms with Crippen LogP contribution in [0, 0.1) is 0 Å². The van der Waals surface area contributed by atoms with Crippen LogP contribution in [0.1, 0.15) is 35.6 Å². The Hall–Kier alpha value is -1.32. The van der Waals surface area contributed by atoms with Crippen LogP contribution in [0.15, 0.2) is 28.9 Å². The SMILES string of the molecule is CCc1occc1C(Cl)c1cc2c(cc1Cl)OCCCO2. The lowest BCUT2D eigenvalue weighted by Crippen LogP contribution is -1.99. The number of halogens is 2. The maximum atomic E-state index is 6.60. The predicted molar refractivity (Wildman–Crippen MR) is 82.8 cm³/mol. The van der Waals surface area contributed by atoms with Gasteiger partial charge in [0, 0.05) is 29.5 Å². The first-order chi connectivity index (χ1) is 10.2. The molecule has 1 atom stereocenters. The van der Waals surface area contributed by atoms with E-state index >= 15 is 0 Å². The van der Waals surface area contributed by atoms with Crippen LogP contribution >= 0.6 is 23.2 Å². The number of benzene rings is 1. The Morgan fingerprint density at radius 3 is 2.57 bits per heavy atom. The molecule has 1 aromatic carbocycles. The first-order valence-electron chi connectivity index (χ1n) is 7.00. The summed E-state index contributed by atoms with van der Waals surface area (Å²) in [5.74, 6) is 2.24. The Bertz CT molecular complexity index is 636. The molecular formula is C16H16Cl2O3. The molecule has 21 heavy (non-hydrogen) atoms. The average Bonchev–Trinajstić information content (AvgIpc) is 2.85. The molecule has 0 amide bonds. The van der Waals surface area contributed by atoms with Gasteiger partial charge in [-0.3, -0.25) is 0 Å². The van der Waals surface area contributed by atoms with Gasteiger partial charge in [0.15, 0.2) is 11.5 Å². The van der Waals surface area contributed by atoms with Crippen LogP contribution in [-0.4, -0.2) is 13.2 Å². The largest absolute Gasteiger partial charge is 0.490 e. The number of hydrogen-bond donors (Lipinski definition) is 0. The number of hydrogen-bond acceptors (Lipinski definition) is 3. The van der Waals surface area contributed by atoms with E-state index < -0.39 is 0 Å². The molecule has 3 nitrogen and oxygen atoms in total. The lowest BCUT2D eigenvalue weighted by atomic mass is 10.0. The number of aryl methyl sites for hydroxylation is 1. The number of fused-ring (bicyclic) bond motifs is 1. The van der Waals surface area contributed by atoms with Crippen molar-refractivity contribution in [3.63, 3.8) is 0 Å². The van der Waals surface area contributed by atoms with E-state index in [1.54, 1.807) is 12.3 Å². The molecule has 0 aliphatic carbocycles. The van der Waals surface area contributed by atoms with Gasteiger partial charge >= 0.3 is 0 Å². The van der Waals surface area contributed by atoms with Crippen LogP contribution in [0.3, 0.4) is 0 Å². The minimum Gasteiger partial charge on any atom is -0.490 e. The standard InChI is InChI=1S/C16H16Cl2O3/c1-2-13-10(4-7-21-13)16(18)11-8-14-15(9-12(11)17)20-6-3-5-19-14/h4,7-9,16H,2-3,5-6H2,1H3. The highest BCUT2D eigenvalue weighted by molar-refractivity contribution is 6.33. The highest BCUT2D eigenvalue weighted by Gasteiger charge is 2.22. The highest BCUT2D eigenvalue weighted by Crippen LogP contribution is 2.42. The fourth-order valence-corrected chi connectivity index (χ4v) is 3.12. The first kappa shape index (κ1) is 14.6. The number of alkyl halides is 1. The zero-order chi connectivity index (χ0) is 14.8. The van der Waals surface area contributed by atoms with Crippen molar-refractivity contribution in [2.24, 2.45) is 0 Å². The first-order valence-corrected chi connectivity index (χ1v) is 7.81. The lowest BCUT2D eigenvalue weighted by Gasteiger charge is -2.15. The van der Waals surface area contributed by atoms with Gasteiger partial charge in [-0.15, -0.1) is 11.6 Å². The van der Waals surface area contributed by atoms with E-state index in [9.17, 15) is 0 Å². The van der Waals surface area contributed by atoms with Crippen molar-refractivity contribution in [1.82, 2.24) is 0 Å². The van der Waals surface area contributed by atoms with Gasteiger partial charge in [0.1, 0.15) is 5.76 Å². The number of rotatable bonds is 3. The zero-order valence-corrected chi connectivity index (χ0v) is 13.2. The van der Waals surface area contributed by atoms with Crippen molar-refractivity contribution in [3.8, 4) is 11.5 Å². The Morgan fingerprint density at radius 1 is 1.14 bits per heavy atom. The molecule has 2 aromatic rings. The molecule has 0 saturated heterocycles. The molecular weight excluding hydrogens is 311 g/mol. The second-order valence-electron chi connectivity index (χ2n) is 4.89. The third kappa shape index (κ3) is 2.85. The summed E-state index contributed by atoms with van der Waals surface area (Å²) in [5.41, 5.74) is 1.74. The van der Waals surface area contributed by atoms with Crippen molar-refractivity contribution in [1.29, 1.82) is 0 Å². The Balaban J connectivity index is 2.00. The molecule has 1 unspecified atom stereocenters. The minimum absolute atomic E-state index is 0.372. The monoisotopic (exact) mass is 326 g/mol. The lowest BCUT2D eigenvalue weighted by molar-refractivity contribution is 0.297. The molecule has 0 radical (unpaired) electrons. The van der Waals surface area contributed by atoms with E-state index in [-0.39, 0.29) is 5.38 Å². The molecule has 1 aliphatic rings. The summed E-state index contributed by atoms with van der Waals surface area (Å²) in [6.07, 6.45) is 3.29. The third-order valence-electron chi connectivity index (χ3n) is 3.51. The molecule has 5 heteroatoms. The van der Waals surface area contributed by atoms with E-state index in [1.165, 1.54) is 0 Å². The van der Waals surface area contributed by atoms with Crippen molar-refractivity contribution < 1.29 is 13.9 Å². The highest BCUT2D eigenvalue weighted by atomic mass is 35.5. The van der Waals surface area contributed by atoms with E-state index in [4.69, 9.17) is 37.1 Å². The van der Waals surface area contributed by atoms with Crippen molar-refractivity contribution in [2.75, 3.05) is 13.2 Å². The van der Waals surface area contributed by atoms with Crippen LogP contribution in [0.4, 0.5) is 0 Å². The molecule has 0 bridgehead atoms. The quantitative estimate of drug-likeness (QED) is 0.745. The molecule has 0 N–H and O–H groups in total. The molecule has 2 heterocycles. The second kappa shape index (κ2) is 6.20. The molecule has 0 saturated carbocycles. The summed E-state index contributed by atoms with van der Waals surface area (Å²) in [5, 5.41) is 0.200. The molecule has 0 spiro atoms. The van der Waals surface area contributed by atoms with Gasteiger partial charge in [-0.25, -0.2) is 0 Å². The average molecular weight is 327 g/mol. The summed E-state index contributed by atoms with van der Waals surface area (Å²) in [6.45, 7) is 3.29. The Labute approximate surface area is 133 Å². The fourth-order valence-electron chi connectivity index (χ4n) is 2.43. The molecule has 3 rings (SSSR count). The minimum atomic E-state index is -0.372. The smallest absolute Gasteiger partial charge is 0.162 e. The fraction of sp³-hybridized carbons (Fsp3) is 0.375. The summed E-state index contributed by atoms with van der Waals surface area (Å²) < 4.78 is 16.8. The second-order valence-corrected chi connectivity index (χ2v) is 5.73. The molecule has 1 aliphatic heterocycles. The maximum absolute atomic E-state index is 6.60. The van der Waals surface area contributed by atoms with Crippen LogP contribution in [-0.2, 0) is 6.42 Å². The normalized spacial score (nSPS) is 15.6. The van der Waals surface area contributed by atoms with Gasteiger partial charge in [-0.05, 0) is 17.7 Å². The zero-order valence-electron chi connectivity index (χ0n) is 11.7. The van der Waals surface area contributed by atoms with Crippen molar-refractivity contribution in [3.05, 3.63) is 46.4 Å². The van der Waals surface area contributed by atoms with Crippen LogP contribution in [0.2, 0.25) is 5.02 Å². The summed E-state index contributed by atoms with van der Waals surface area (Å²) in [7, 11) is 0. The topological polar surface area (TPSA) is 31.6 Å². The van der Waals surface area contributed by atoms with Gasteiger partial charge in [0.05, 0.1) is 24.9 Å². The van der Waals surface area contributed by atoms with Gasteiger partial charge in [-0.1, -0.05) is 18.5 Å². The number of ether oxygens (including phenoxy) is 2. The summed E-state index contributed by atoms with van der Waals surface area (Å²) in [4.78, 5) is 0. The predicted octanol–water partition coefficient (Wildman–Crippen LogP) is 4.98. The van der Waals surface area contributed by atoms with E-state index in [2.05, 4.69) is 0 Å². The summed E-state index contributed by atoms with van der Waals surface area (Å²) >= 11 is 13.0. The van der Waals surface area contributed by atoms with E-state index in [0.29, 0.717) is 29.7 Å². The molecule has 112 valence electrons. The van der Waals surface area contributed by atoms with Crippen molar-refractivity contribution >= 4 is 23.2 Å². The molecule has 1 aromatic heterocycles. The van der Waals surface area contributed by atoms with Gasteiger partial charge in [0.25, 0.3) is 0 Å². The Kier molecular flexibility index (Phi) is 4.32. The van der Waals surface area contributed by atoms with Crippen LogP contribution in [0.25, 0.3) is 0 Å². The van der Waals surface area contributed by atoms with Crippen molar-refractivity contribution in [2.45, 2.75) is 25.1 Å². The Morgan fingerprint density at radius 2 is 1.86 bits per heavy atom. The number of furan rings is 1. The van der Waals surface area contributed by atoms with E-state index in [0.717, 1.165) is 29.7 Å². The van der Waals surface area contributed by atoms with Gasteiger partial charge in [0.2, 0.25) is 0 Å². The van der Waals surface area contributed by atoms with Crippen LogP contribution < -0.4 is 9.47 Å². The summed E-state index contributed by atoms with van der Waals surface area (Å²) in [6, 6.07) is 5.53.